The summed E-state index contributed by atoms with van der Waals surface area (Å²) < 4.78 is 43.3. The van der Waals surface area contributed by atoms with E-state index in [4.69, 9.17) is 22.1 Å². The summed E-state index contributed by atoms with van der Waals surface area (Å²) in [5.74, 6) is -0.587. The molecule has 0 spiro atoms. The van der Waals surface area contributed by atoms with Crippen molar-refractivity contribution in [2.75, 3.05) is 7.11 Å². The largest absolute Gasteiger partial charge is 0.468 e. The van der Waals surface area contributed by atoms with Gasteiger partial charge < -0.3 is 15.6 Å². The van der Waals surface area contributed by atoms with E-state index in [2.05, 4.69) is 0 Å². The molecule has 2 unspecified atom stereocenters. The van der Waals surface area contributed by atoms with Crippen LogP contribution in [-0.4, -0.2) is 24.4 Å². The number of aliphatic hydroxyl groups excluding tert-OH is 1. The van der Waals surface area contributed by atoms with Crippen molar-refractivity contribution in [3.05, 3.63) is 58.6 Å². The Bertz CT molecular complexity index is 892. The maximum atomic E-state index is 12.9. The molecule has 0 aliphatic carbocycles. The number of alkyl halides is 3. The lowest BCUT2D eigenvalue weighted by Gasteiger charge is -2.29. The minimum atomic E-state index is -4.39. The molecule has 0 amide bonds. The van der Waals surface area contributed by atoms with Crippen molar-refractivity contribution in [1.29, 1.82) is 0 Å². The molecule has 2 atom stereocenters. The van der Waals surface area contributed by atoms with Crippen LogP contribution in [0.1, 0.15) is 30.9 Å². The first-order valence-corrected chi connectivity index (χ1v) is 10.3. The van der Waals surface area contributed by atoms with Gasteiger partial charge in [-0.3, -0.25) is 4.79 Å². The van der Waals surface area contributed by atoms with E-state index < -0.39 is 29.4 Å². The van der Waals surface area contributed by atoms with Crippen molar-refractivity contribution in [3.63, 3.8) is 0 Å². The van der Waals surface area contributed by atoms with Gasteiger partial charge in [-0.2, -0.15) is 13.2 Å². The lowest BCUT2D eigenvalue weighted by atomic mass is 9.82. The Morgan fingerprint density at radius 3 is 2.47 bits per heavy atom. The summed E-state index contributed by atoms with van der Waals surface area (Å²) in [6, 6.07) is 10.4. The van der Waals surface area contributed by atoms with Gasteiger partial charge >= 0.3 is 12.1 Å². The summed E-state index contributed by atoms with van der Waals surface area (Å²) in [6.45, 7) is 1.54. The fourth-order valence-electron chi connectivity index (χ4n) is 2.92. The number of aliphatic hydroxyl groups is 1. The van der Waals surface area contributed by atoms with E-state index in [-0.39, 0.29) is 0 Å². The summed E-state index contributed by atoms with van der Waals surface area (Å²) >= 11 is 7.53. The summed E-state index contributed by atoms with van der Waals surface area (Å²) in [7, 11) is 1.24. The first-order chi connectivity index (χ1) is 14.0. The number of carbonyl (C=O) groups excluding carboxylic acids is 1. The third-order valence-electron chi connectivity index (χ3n) is 4.87. The predicted octanol–water partition coefficient (Wildman–Crippen LogP) is 5.29. The number of aryl methyl sites for hydroxylation is 1. The first kappa shape index (κ1) is 24.5. The van der Waals surface area contributed by atoms with E-state index >= 15 is 0 Å². The van der Waals surface area contributed by atoms with Crippen LogP contribution in [0.25, 0.3) is 0 Å². The van der Waals surface area contributed by atoms with Crippen molar-refractivity contribution in [2.45, 2.75) is 48.4 Å². The lowest BCUT2D eigenvalue weighted by molar-refractivity contribution is -0.159. The van der Waals surface area contributed by atoms with Crippen molar-refractivity contribution in [1.82, 2.24) is 0 Å². The maximum absolute atomic E-state index is 12.9. The first-order valence-electron chi connectivity index (χ1n) is 9.13. The number of nitrogens with two attached hydrogens (primary N) is 1. The van der Waals surface area contributed by atoms with Crippen LogP contribution in [0.2, 0.25) is 5.02 Å². The molecule has 0 saturated carbocycles. The number of hydrogen-bond acceptors (Lipinski definition) is 5. The molecule has 0 aromatic heterocycles. The van der Waals surface area contributed by atoms with Crippen LogP contribution in [0.3, 0.4) is 0 Å². The Morgan fingerprint density at radius 2 is 1.90 bits per heavy atom. The van der Waals surface area contributed by atoms with E-state index in [0.717, 1.165) is 17.7 Å². The fraction of sp³-hybridized carbons (Fsp3) is 0.381. The molecule has 2 aromatic carbocycles. The molecule has 3 N–H and O–H groups in total. The summed E-state index contributed by atoms with van der Waals surface area (Å²) in [5, 5.41) is 10.2. The quantitative estimate of drug-likeness (QED) is 0.413. The van der Waals surface area contributed by atoms with Crippen molar-refractivity contribution < 1.29 is 27.8 Å². The number of methoxy groups -OCH3 is 1. The van der Waals surface area contributed by atoms with Gasteiger partial charge in [0.2, 0.25) is 0 Å². The normalized spacial score (nSPS) is 14.8. The highest BCUT2D eigenvalue weighted by molar-refractivity contribution is 7.99. The maximum Gasteiger partial charge on any atom is 0.416 e. The minimum Gasteiger partial charge on any atom is -0.468 e. The van der Waals surface area contributed by atoms with Gasteiger partial charge in [0.05, 0.1) is 12.7 Å². The second-order valence-electron chi connectivity index (χ2n) is 7.09. The van der Waals surface area contributed by atoms with Crippen molar-refractivity contribution in [3.8, 4) is 0 Å². The van der Waals surface area contributed by atoms with E-state index in [0.29, 0.717) is 34.1 Å². The topological polar surface area (TPSA) is 72.5 Å². The van der Waals surface area contributed by atoms with E-state index in [1.54, 1.807) is 31.2 Å². The molecule has 0 fully saturated rings. The Morgan fingerprint density at radius 1 is 1.23 bits per heavy atom. The van der Waals surface area contributed by atoms with Crippen molar-refractivity contribution in [2.24, 2.45) is 11.1 Å². The van der Waals surface area contributed by atoms with Crippen LogP contribution in [0.5, 0.6) is 0 Å². The molecule has 2 rings (SSSR count). The smallest absolute Gasteiger partial charge is 0.416 e. The second kappa shape index (κ2) is 10.0. The van der Waals surface area contributed by atoms with Gasteiger partial charge in [-0.05, 0) is 62.1 Å². The van der Waals surface area contributed by atoms with E-state index in [9.17, 15) is 23.1 Å². The third-order valence-corrected chi connectivity index (χ3v) is 6.20. The molecule has 164 valence electrons. The number of esters is 1. The molecule has 0 aliphatic heterocycles. The number of halogens is 4. The number of carbonyl (C=O) groups is 1. The van der Waals surface area contributed by atoms with Crippen molar-refractivity contribution >= 4 is 29.3 Å². The van der Waals surface area contributed by atoms with Gasteiger partial charge in [0, 0.05) is 14.8 Å². The fourth-order valence-corrected chi connectivity index (χ4v) is 4.17. The Balaban J connectivity index is 2.05. The molecule has 0 heterocycles. The molecule has 0 radical (unpaired) electrons. The zero-order valence-electron chi connectivity index (χ0n) is 16.5. The molecule has 2 aromatic rings. The van der Waals surface area contributed by atoms with Crippen LogP contribution >= 0.6 is 23.4 Å². The molecule has 9 heteroatoms. The highest BCUT2D eigenvalue weighted by Crippen LogP contribution is 2.36. The van der Waals surface area contributed by atoms with Gasteiger partial charge in [-0.15, -0.1) is 0 Å². The summed E-state index contributed by atoms with van der Waals surface area (Å²) in [6.07, 6.45) is -4.39. The van der Waals surface area contributed by atoms with Gasteiger partial charge in [-0.25, -0.2) is 0 Å². The zero-order chi connectivity index (χ0) is 22.5. The van der Waals surface area contributed by atoms with Gasteiger partial charge in [0.25, 0.3) is 0 Å². The van der Waals surface area contributed by atoms with Crippen LogP contribution in [-0.2, 0) is 22.1 Å². The monoisotopic (exact) mass is 461 g/mol. The zero-order valence-corrected chi connectivity index (χ0v) is 18.1. The standard InChI is InChI=1S/C21H23ClF3NO3S/c1-20(18(26)27,19(28)29-2)10-4-5-13-8-9-16(12-17(13)22)30-15-7-3-6-14(11-15)21(23,24)25/h3,6-9,11-12,18,27H,4-5,10,26H2,1-2H3. The summed E-state index contributed by atoms with van der Waals surface area (Å²) in [4.78, 5) is 13.1. The molecular weight excluding hydrogens is 439 g/mol. The average molecular weight is 462 g/mol. The third kappa shape index (κ3) is 6.14. The Kier molecular flexibility index (Phi) is 8.21. The second-order valence-corrected chi connectivity index (χ2v) is 8.64. The van der Waals surface area contributed by atoms with Gasteiger partial charge in [-0.1, -0.05) is 35.5 Å². The van der Waals surface area contributed by atoms with Gasteiger partial charge in [0.15, 0.2) is 0 Å². The molecule has 30 heavy (non-hydrogen) atoms. The van der Waals surface area contributed by atoms with E-state index in [1.165, 1.54) is 24.9 Å². The number of rotatable bonds is 8. The summed E-state index contributed by atoms with van der Waals surface area (Å²) in [5.41, 5.74) is 4.44. The van der Waals surface area contributed by atoms with Crippen LogP contribution in [0, 0.1) is 5.41 Å². The molecule has 0 saturated heterocycles. The number of ether oxygens (including phenoxy) is 1. The Hall–Kier alpha value is -1.74. The van der Waals surface area contributed by atoms with Crippen LogP contribution < -0.4 is 5.73 Å². The van der Waals surface area contributed by atoms with E-state index in [1.807, 2.05) is 0 Å². The predicted molar refractivity (Wildman–Crippen MR) is 110 cm³/mol. The Labute approximate surface area is 182 Å². The molecule has 0 aliphatic rings. The lowest BCUT2D eigenvalue weighted by Crippen LogP contribution is -2.46. The SMILES string of the molecule is COC(=O)C(C)(CCCc1ccc(Sc2cccc(C(F)(F)F)c2)cc1Cl)C(N)O. The van der Waals surface area contributed by atoms with Gasteiger partial charge in [0.1, 0.15) is 11.6 Å². The molecule has 0 bridgehead atoms. The van der Waals surface area contributed by atoms with Crippen LogP contribution in [0.4, 0.5) is 13.2 Å². The minimum absolute atomic E-state index is 0.300. The molecule has 4 nitrogen and oxygen atoms in total. The molecular formula is C21H23ClF3NO3S. The number of hydrogen-bond donors (Lipinski definition) is 2. The highest BCUT2D eigenvalue weighted by Gasteiger charge is 2.39. The number of benzene rings is 2. The van der Waals surface area contributed by atoms with Crippen LogP contribution in [0.15, 0.2) is 52.3 Å². The average Bonchev–Trinajstić information content (AvgIpc) is 2.68. The highest BCUT2D eigenvalue weighted by atomic mass is 35.5.